The molecule has 1 heterocycles. The van der Waals surface area contributed by atoms with Gasteiger partial charge in [-0.05, 0) is 62.7 Å². The van der Waals surface area contributed by atoms with E-state index in [9.17, 15) is 13.2 Å². The van der Waals surface area contributed by atoms with Crippen molar-refractivity contribution >= 4 is 37.5 Å². The first-order chi connectivity index (χ1) is 14.6. The minimum Gasteiger partial charge on any atom is -0.383 e. The Morgan fingerprint density at radius 3 is 2.48 bits per heavy atom. The van der Waals surface area contributed by atoms with E-state index in [0.717, 1.165) is 15.8 Å². The molecule has 3 rings (SSSR count). The average Bonchev–Trinajstić information content (AvgIpc) is 3.07. The lowest BCUT2D eigenvalue weighted by Crippen LogP contribution is -2.33. The molecule has 2 aromatic carbocycles. The molecule has 0 saturated carbocycles. The van der Waals surface area contributed by atoms with Gasteiger partial charge in [-0.1, -0.05) is 17.4 Å². The van der Waals surface area contributed by atoms with E-state index >= 15 is 0 Å². The number of thiazole rings is 1. The number of carbonyl (C=O) groups excluding carboxylic acids is 1. The van der Waals surface area contributed by atoms with Gasteiger partial charge < -0.3 is 9.30 Å². The van der Waals surface area contributed by atoms with E-state index in [1.54, 1.807) is 21.0 Å². The molecule has 0 radical (unpaired) electrons. The summed E-state index contributed by atoms with van der Waals surface area (Å²) < 4.78 is 34.8. The number of nitrogens with zero attached hydrogens (tertiary/aromatic N) is 3. The minimum atomic E-state index is -3.60. The number of aryl methyl sites for hydroxylation is 1. The van der Waals surface area contributed by atoms with E-state index in [1.807, 2.05) is 23.6 Å². The smallest absolute Gasteiger partial charge is 0.279 e. The van der Waals surface area contributed by atoms with Crippen LogP contribution in [0, 0.1) is 6.92 Å². The molecule has 1 aromatic heterocycles. The van der Waals surface area contributed by atoms with E-state index in [4.69, 9.17) is 4.74 Å². The van der Waals surface area contributed by atoms with Crippen molar-refractivity contribution in [1.82, 2.24) is 8.87 Å². The largest absolute Gasteiger partial charge is 0.383 e. The third kappa shape index (κ3) is 4.95. The highest BCUT2D eigenvalue weighted by Gasteiger charge is 2.23. The molecular weight excluding hydrogens is 434 g/mol. The molecule has 0 aliphatic carbocycles. The Morgan fingerprint density at radius 1 is 1.19 bits per heavy atom. The van der Waals surface area contributed by atoms with Gasteiger partial charge in [0.1, 0.15) is 0 Å². The maximum absolute atomic E-state index is 12.8. The van der Waals surface area contributed by atoms with Gasteiger partial charge in [0.25, 0.3) is 5.91 Å². The number of carbonyl (C=O) groups is 1. The van der Waals surface area contributed by atoms with Gasteiger partial charge in [-0.15, -0.1) is 0 Å². The van der Waals surface area contributed by atoms with Gasteiger partial charge in [0.05, 0.1) is 21.7 Å². The van der Waals surface area contributed by atoms with Crippen LogP contribution in [0.25, 0.3) is 10.2 Å². The topological polar surface area (TPSA) is 81.0 Å². The lowest BCUT2D eigenvalue weighted by Gasteiger charge is -2.20. The number of rotatable bonds is 7. The Bertz CT molecular complexity index is 1260. The van der Waals surface area contributed by atoms with Crippen LogP contribution in [-0.2, 0) is 21.3 Å². The summed E-state index contributed by atoms with van der Waals surface area (Å²) in [6.45, 7) is 6.70. The van der Waals surface area contributed by atoms with Crippen molar-refractivity contribution < 1.29 is 17.9 Å². The molecule has 31 heavy (non-hydrogen) atoms. The third-order valence-corrected chi connectivity index (χ3v) is 8.15. The van der Waals surface area contributed by atoms with Gasteiger partial charge in [0.2, 0.25) is 10.0 Å². The third-order valence-electron chi connectivity index (χ3n) is 5.06. The summed E-state index contributed by atoms with van der Waals surface area (Å²) >= 11 is 1.44. The first kappa shape index (κ1) is 23.3. The van der Waals surface area contributed by atoms with Gasteiger partial charge in [0, 0.05) is 32.3 Å². The van der Waals surface area contributed by atoms with Crippen LogP contribution in [0.5, 0.6) is 0 Å². The molecule has 0 fully saturated rings. The number of aromatic nitrogens is 1. The average molecular weight is 462 g/mol. The first-order valence-electron chi connectivity index (χ1n) is 9.91. The molecule has 0 saturated heterocycles. The van der Waals surface area contributed by atoms with Crippen molar-refractivity contribution in [1.29, 1.82) is 0 Å². The molecule has 0 atom stereocenters. The molecule has 166 valence electrons. The fraction of sp³-hybridized carbons (Fsp3) is 0.364. The SMILES string of the molecule is COCCn1c(=NC(=O)c2ccc(S(=O)(=O)N(C)C(C)C)cc2)sc2cc(C)ccc21. The number of hydrogen-bond donors (Lipinski definition) is 0. The van der Waals surface area contributed by atoms with Crippen LogP contribution in [0.2, 0.25) is 0 Å². The molecule has 0 bridgehead atoms. The maximum Gasteiger partial charge on any atom is 0.279 e. The number of sulfonamides is 1. The van der Waals surface area contributed by atoms with Crippen LogP contribution in [0.4, 0.5) is 0 Å². The Balaban J connectivity index is 1.98. The van der Waals surface area contributed by atoms with Gasteiger partial charge in [0.15, 0.2) is 4.80 Å². The molecular formula is C22H27N3O4S2. The van der Waals surface area contributed by atoms with Crippen LogP contribution in [0.1, 0.15) is 29.8 Å². The van der Waals surface area contributed by atoms with Crippen molar-refractivity contribution in [2.45, 2.75) is 38.3 Å². The number of benzene rings is 2. The number of amides is 1. The van der Waals surface area contributed by atoms with Crippen molar-refractivity contribution in [3.05, 3.63) is 58.4 Å². The predicted octanol–water partition coefficient (Wildman–Crippen LogP) is 3.43. The van der Waals surface area contributed by atoms with E-state index in [-0.39, 0.29) is 10.9 Å². The van der Waals surface area contributed by atoms with Gasteiger partial charge in [-0.25, -0.2) is 8.42 Å². The quantitative estimate of drug-likeness (QED) is 0.540. The molecule has 0 aliphatic heterocycles. The van der Waals surface area contributed by atoms with Crippen molar-refractivity contribution in [2.24, 2.45) is 4.99 Å². The number of fused-ring (bicyclic) bond motifs is 1. The zero-order chi connectivity index (χ0) is 22.8. The summed E-state index contributed by atoms with van der Waals surface area (Å²) in [5, 5.41) is 0. The van der Waals surface area contributed by atoms with E-state index in [2.05, 4.69) is 11.1 Å². The summed E-state index contributed by atoms with van der Waals surface area (Å²) in [5.74, 6) is -0.421. The molecule has 0 unspecified atom stereocenters. The highest BCUT2D eigenvalue weighted by atomic mass is 32.2. The van der Waals surface area contributed by atoms with Crippen LogP contribution >= 0.6 is 11.3 Å². The predicted molar refractivity (Wildman–Crippen MR) is 123 cm³/mol. The van der Waals surface area contributed by atoms with Gasteiger partial charge >= 0.3 is 0 Å². The molecule has 0 N–H and O–H groups in total. The Kier molecular flexibility index (Phi) is 7.10. The molecule has 0 aliphatic rings. The lowest BCUT2D eigenvalue weighted by molar-refractivity contribution is 0.0997. The Labute approximate surface area is 186 Å². The van der Waals surface area contributed by atoms with Crippen LogP contribution in [0.3, 0.4) is 0 Å². The summed E-state index contributed by atoms with van der Waals surface area (Å²) in [5.41, 5.74) is 2.46. The molecule has 9 heteroatoms. The van der Waals surface area contributed by atoms with E-state index < -0.39 is 15.9 Å². The zero-order valence-corrected chi connectivity index (χ0v) is 20.0. The maximum atomic E-state index is 12.8. The minimum absolute atomic E-state index is 0.146. The van der Waals surface area contributed by atoms with Crippen LogP contribution in [-0.4, -0.2) is 50.0 Å². The van der Waals surface area contributed by atoms with Crippen molar-refractivity contribution in [3.8, 4) is 0 Å². The highest BCUT2D eigenvalue weighted by Crippen LogP contribution is 2.20. The summed E-state index contributed by atoms with van der Waals surface area (Å²) in [6.07, 6.45) is 0. The van der Waals surface area contributed by atoms with Crippen molar-refractivity contribution in [3.63, 3.8) is 0 Å². The number of hydrogen-bond acceptors (Lipinski definition) is 5. The van der Waals surface area contributed by atoms with Crippen LogP contribution in [0.15, 0.2) is 52.4 Å². The molecule has 3 aromatic rings. The monoisotopic (exact) mass is 461 g/mol. The molecule has 1 amide bonds. The molecule has 7 nitrogen and oxygen atoms in total. The number of ether oxygens (including phenoxy) is 1. The van der Waals surface area contributed by atoms with Gasteiger partial charge in [-0.3, -0.25) is 4.79 Å². The number of methoxy groups -OCH3 is 1. The van der Waals surface area contributed by atoms with Crippen molar-refractivity contribution in [2.75, 3.05) is 20.8 Å². The second-order valence-corrected chi connectivity index (χ2v) is 10.6. The first-order valence-corrected chi connectivity index (χ1v) is 12.2. The normalized spacial score (nSPS) is 12.9. The fourth-order valence-electron chi connectivity index (χ4n) is 3.03. The Morgan fingerprint density at radius 2 is 1.87 bits per heavy atom. The highest BCUT2D eigenvalue weighted by molar-refractivity contribution is 7.89. The van der Waals surface area contributed by atoms with E-state index in [1.165, 1.54) is 47.0 Å². The second kappa shape index (κ2) is 9.44. The lowest BCUT2D eigenvalue weighted by atomic mass is 10.2. The summed E-state index contributed by atoms with van der Waals surface area (Å²) in [7, 11) is -0.432. The molecule has 0 spiro atoms. The van der Waals surface area contributed by atoms with E-state index in [0.29, 0.717) is 23.5 Å². The Hall–Kier alpha value is -2.33. The zero-order valence-electron chi connectivity index (χ0n) is 18.3. The standard InChI is InChI=1S/C22H27N3O4S2/c1-15(2)24(4)31(27,28)18-9-7-17(8-10-18)21(26)23-22-25(12-13-29-5)19-11-6-16(3)14-20(19)30-22/h6-11,14-15H,12-13H2,1-5H3. The van der Waals surface area contributed by atoms with Crippen LogP contribution < -0.4 is 4.80 Å². The second-order valence-electron chi connectivity index (χ2n) is 7.56. The fourth-order valence-corrected chi connectivity index (χ4v) is 5.55. The summed E-state index contributed by atoms with van der Waals surface area (Å²) in [4.78, 5) is 17.9. The van der Waals surface area contributed by atoms with Gasteiger partial charge in [-0.2, -0.15) is 9.30 Å². The summed E-state index contributed by atoms with van der Waals surface area (Å²) in [6, 6.07) is 11.8.